The summed E-state index contributed by atoms with van der Waals surface area (Å²) in [4.78, 5) is 39.9. The van der Waals surface area contributed by atoms with Crippen molar-refractivity contribution >= 4 is 29.1 Å². The van der Waals surface area contributed by atoms with Crippen LogP contribution in [-0.4, -0.2) is 61.5 Å². The number of carbonyl (C=O) groups excluding carboxylic acids is 3. The van der Waals surface area contributed by atoms with Gasteiger partial charge in [0.05, 0.1) is 23.9 Å². The van der Waals surface area contributed by atoms with Gasteiger partial charge >= 0.3 is 0 Å². The molecule has 0 unspecified atom stereocenters. The molecule has 1 saturated heterocycles. The molecule has 1 aliphatic rings. The Morgan fingerprint density at radius 2 is 1.66 bits per heavy atom. The van der Waals surface area contributed by atoms with Crippen LogP contribution < -0.4 is 16.0 Å². The zero-order chi connectivity index (χ0) is 25.0. The lowest BCUT2D eigenvalue weighted by atomic mass is 9.96. The highest BCUT2D eigenvalue weighted by Crippen LogP contribution is 2.19. The molecule has 0 saturated carbocycles. The first-order chi connectivity index (χ1) is 16.9. The first-order valence-electron chi connectivity index (χ1n) is 12.3. The number of benzene rings is 2. The SMILES string of the molecule is CC(C)OCCCNC(=O)C1CCN(CC(=O)Nc2ccccc2C(=O)Nc2ccccc2)CC1. The molecular weight excluding hydrogens is 444 g/mol. The second-order valence-corrected chi connectivity index (χ2v) is 9.03. The summed E-state index contributed by atoms with van der Waals surface area (Å²) in [7, 11) is 0. The number of hydrogen-bond acceptors (Lipinski definition) is 5. The lowest BCUT2D eigenvalue weighted by molar-refractivity contribution is -0.126. The minimum atomic E-state index is -0.283. The molecule has 35 heavy (non-hydrogen) atoms. The molecular formula is C27H36N4O4. The van der Waals surface area contributed by atoms with Crippen molar-refractivity contribution < 1.29 is 19.1 Å². The van der Waals surface area contributed by atoms with Crippen LogP contribution in [0.1, 0.15) is 43.5 Å². The van der Waals surface area contributed by atoms with Crippen LogP contribution in [-0.2, 0) is 14.3 Å². The number of para-hydroxylation sites is 2. The average Bonchev–Trinajstić information content (AvgIpc) is 2.85. The molecule has 0 aromatic heterocycles. The highest BCUT2D eigenvalue weighted by molar-refractivity contribution is 6.10. The molecule has 3 amide bonds. The van der Waals surface area contributed by atoms with E-state index in [0.29, 0.717) is 43.2 Å². The molecule has 188 valence electrons. The second-order valence-electron chi connectivity index (χ2n) is 9.03. The van der Waals surface area contributed by atoms with Gasteiger partial charge in [-0.25, -0.2) is 0 Å². The number of carbonyl (C=O) groups is 3. The Bertz CT molecular complexity index is 972. The lowest BCUT2D eigenvalue weighted by Gasteiger charge is -2.30. The van der Waals surface area contributed by atoms with E-state index >= 15 is 0 Å². The van der Waals surface area contributed by atoms with Gasteiger partial charge in [-0.1, -0.05) is 30.3 Å². The number of nitrogens with one attached hydrogen (secondary N) is 3. The van der Waals surface area contributed by atoms with Gasteiger partial charge < -0.3 is 20.7 Å². The monoisotopic (exact) mass is 480 g/mol. The molecule has 3 N–H and O–H groups in total. The maximum absolute atomic E-state index is 12.7. The van der Waals surface area contributed by atoms with E-state index in [1.165, 1.54) is 0 Å². The number of amides is 3. The Morgan fingerprint density at radius 1 is 0.971 bits per heavy atom. The van der Waals surface area contributed by atoms with Gasteiger partial charge in [-0.3, -0.25) is 19.3 Å². The highest BCUT2D eigenvalue weighted by Gasteiger charge is 2.26. The molecule has 0 aliphatic carbocycles. The van der Waals surface area contributed by atoms with Gasteiger partial charge in [0.2, 0.25) is 11.8 Å². The quantitative estimate of drug-likeness (QED) is 0.428. The van der Waals surface area contributed by atoms with Gasteiger partial charge in [0.25, 0.3) is 5.91 Å². The smallest absolute Gasteiger partial charge is 0.257 e. The number of likely N-dealkylation sites (tertiary alicyclic amines) is 1. The molecule has 8 heteroatoms. The van der Waals surface area contributed by atoms with E-state index in [9.17, 15) is 14.4 Å². The lowest BCUT2D eigenvalue weighted by Crippen LogP contribution is -2.43. The second kappa shape index (κ2) is 13.6. The molecule has 0 atom stereocenters. The molecule has 1 aliphatic heterocycles. The number of piperidine rings is 1. The van der Waals surface area contributed by atoms with Crippen molar-refractivity contribution in [3.05, 3.63) is 60.2 Å². The predicted octanol–water partition coefficient (Wildman–Crippen LogP) is 3.52. The fourth-order valence-corrected chi connectivity index (χ4v) is 4.00. The van der Waals surface area contributed by atoms with E-state index in [1.54, 1.807) is 24.3 Å². The van der Waals surface area contributed by atoms with Gasteiger partial charge in [0, 0.05) is 24.8 Å². The van der Waals surface area contributed by atoms with Crippen molar-refractivity contribution in [2.45, 2.75) is 39.2 Å². The fraction of sp³-hybridized carbons (Fsp3) is 0.444. The number of hydrogen-bond donors (Lipinski definition) is 3. The largest absolute Gasteiger partial charge is 0.379 e. The molecule has 0 radical (unpaired) electrons. The van der Waals surface area contributed by atoms with Gasteiger partial charge in [-0.15, -0.1) is 0 Å². The first kappa shape index (κ1) is 26.4. The van der Waals surface area contributed by atoms with Gasteiger partial charge in [-0.2, -0.15) is 0 Å². The molecule has 2 aromatic rings. The molecule has 2 aromatic carbocycles. The summed E-state index contributed by atoms with van der Waals surface area (Å²) >= 11 is 0. The predicted molar refractivity (Wildman–Crippen MR) is 137 cm³/mol. The van der Waals surface area contributed by atoms with Gasteiger partial charge in [0.15, 0.2) is 0 Å². The van der Waals surface area contributed by atoms with Crippen LogP contribution in [0.25, 0.3) is 0 Å². The minimum absolute atomic E-state index is 0.0252. The third kappa shape index (κ3) is 8.81. The Morgan fingerprint density at radius 3 is 2.37 bits per heavy atom. The van der Waals surface area contributed by atoms with Crippen molar-refractivity contribution in [3.8, 4) is 0 Å². The third-order valence-corrected chi connectivity index (χ3v) is 5.87. The van der Waals surface area contributed by atoms with E-state index in [0.717, 1.165) is 19.3 Å². The number of nitrogens with zero attached hydrogens (tertiary/aromatic N) is 1. The van der Waals surface area contributed by atoms with Crippen LogP contribution in [0.4, 0.5) is 11.4 Å². The third-order valence-electron chi connectivity index (χ3n) is 5.87. The van der Waals surface area contributed by atoms with Crippen molar-refractivity contribution in [1.82, 2.24) is 10.2 Å². The molecule has 1 heterocycles. The van der Waals surface area contributed by atoms with Crippen LogP contribution in [0.5, 0.6) is 0 Å². The van der Waals surface area contributed by atoms with Crippen molar-refractivity contribution in [2.24, 2.45) is 5.92 Å². The van der Waals surface area contributed by atoms with Crippen molar-refractivity contribution in [1.29, 1.82) is 0 Å². The minimum Gasteiger partial charge on any atom is -0.379 e. The summed E-state index contributed by atoms with van der Waals surface area (Å²) in [5, 5.41) is 8.72. The summed E-state index contributed by atoms with van der Waals surface area (Å²) in [6.45, 7) is 6.82. The normalized spacial score (nSPS) is 14.5. The van der Waals surface area contributed by atoms with E-state index in [1.807, 2.05) is 49.1 Å². The van der Waals surface area contributed by atoms with Crippen LogP contribution >= 0.6 is 0 Å². The number of anilines is 2. The zero-order valence-electron chi connectivity index (χ0n) is 20.6. The Labute approximate surface area is 207 Å². The number of ether oxygens (including phenoxy) is 1. The Balaban J connectivity index is 1.42. The topological polar surface area (TPSA) is 99.8 Å². The van der Waals surface area contributed by atoms with Gasteiger partial charge in [-0.05, 0) is 70.5 Å². The molecule has 0 bridgehead atoms. The summed E-state index contributed by atoms with van der Waals surface area (Å²) < 4.78 is 5.49. The first-order valence-corrected chi connectivity index (χ1v) is 12.3. The van der Waals surface area contributed by atoms with Crippen molar-refractivity contribution in [2.75, 3.05) is 43.4 Å². The van der Waals surface area contributed by atoms with Crippen LogP contribution in [0.3, 0.4) is 0 Å². The summed E-state index contributed by atoms with van der Waals surface area (Å²) in [5.74, 6) is -0.410. The van der Waals surface area contributed by atoms with Crippen LogP contribution in [0.15, 0.2) is 54.6 Å². The summed E-state index contributed by atoms with van der Waals surface area (Å²) in [5.41, 5.74) is 1.56. The number of rotatable bonds is 11. The van der Waals surface area contributed by atoms with Crippen molar-refractivity contribution in [3.63, 3.8) is 0 Å². The summed E-state index contributed by atoms with van der Waals surface area (Å²) in [6, 6.07) is 16.2. The maximum Gasteiger partial charge on any atom is 0.257 e. The highest BCUT2D eigenvalue weighted by atomic mass is 16.5. The standard InChI is InChI=1S/C27H36N4O4/c1-20(2)35-18-8-15-28-26(33)21-13-16-31(17-14-21)19-25(32)30-24-12-7-6-11-23(24)27(34)29-22-9-4-3-5-10-22/h3-7,9-12,20-21H,8,13-19H2,1-2H3,(H,28,33)(H,29,34)(H,30,32). The molecule has 8 nitrogen and oxygen atoms in total. The maximum atomic E-state index is 12.7. The van der Waals surface area contributed by atoms with Crippen LogP contribution in [0.2, 0.25) is 0 Å². The van der Waals surface area contributed by atoms with E-state index in [4.69, 9.17) is 4.74 Å². The zero-order valence-corrected chi connectivity index (χ0v) is 20.6. The Kier molecular flexibility index (Phi) is 10.3. The molecule has 1 fully saturated rings. The van der Waals surface area contributed by atoms with Gasteiger partial charge in [0.1, 0.15) is 0 Å². The fourth-order valence-electron chi connectivity index (χ4n) is 4.00. The average molecular weight is 481 g/mol. The van der Waals surface area contributed by atoms with Crippen LogP contribution in [0, 0.1) is 5.92 Å². The van der Waals surface area contributed by atoms with E-state index in [2.05, 4.69) is 16.0 Å². The Hall–Kier alpha value is -3.23. The molecule has 0 spiro atoms. The summed E-state index contributed by atoms with van der Waals surface area (Å²) in [6.07, 6.45) is 2.44. The van der Waals surface area contributed by atoms with E-state index < -0.39 is 0 Å². The van der Waals surface area contributed by atoms with E-state index in [-0.39, 0.29) is 36.3 Å². The molecule has 3 rings (SSSR count).